The van der Waals surface area contributed by atoms with E-state index in [2.05, 4.69) is 17.4 Å². The Bertz CT molecular complexity index is 594. The van der Waals surface area contributed by atoms with Gasteiger partial charge in [0.05, 0.1) is 13.7 Å². The Hall–Kier alpha value is -1.88. The van der Waals surface area contributed by atoms with Crippen molar-refractivity contribution >= 4 is 11.9 Å². The van der Waals surface area contributed by atoms with Gasteiger partial charge < -0.3 is 10.1 Å². The average Bonchev–Trinajstić information content (AvgIpc) is 3.51. The monoisotopic (exact) mass is 330 g/mol. The third-order valence-corrected chi connectivity index (χ3v) is 5.25. The van der Waals surface area contributed by atoms with E-state index < -0.39 is 0 Å². The van der Waals surface area contributed by atoms with E-state index in [4.69, 9.17) is 4.74 Å². The Morgan fingerprint density at radius 3 is 2.50 bits per heavy atom. The second kappa shape index (κ2) is 6.93. The van der Waals surface area contributed by atoms with Gasteiger partial charge in [0.25, 0.3) is 0 Å². The highest BCUT2D eigenvalue weighted by Gasteiger charge is 2.44. The first-order valence-corrected chi connectivity index (χ1v) is 8.71. The molecule has 1 unspecified atom stereocenters. The van der Waals surface area contributed by atoms with Crippen molar-refractivity contribution in [1.29, 1.82) is 0 Å². The average molecular weight is 330 g/mol. The molecule has 1 aromatic carbocycles. The van der Waals surface area contributed by atoms with Gasteiger partial charge in [-0.15, -0.1) is 0 Å². The van der Waals surface area contributed by atoms with Crippen LogP contribution in [0.4, 0.5) is 0 Å². The molecule has 1 amide bonds. The van der Waals surface area contributed by atoms with Gasteiger partial charge in [-0.2, -0.15) is 0 Å². The second-order valence-electron chi connectivity index (χ2n) is 7.03. The van der Waals surface area contributed by atoms with Gasteiger partial charge in [0.15, 0.2) is 0 Å². The molecular formula is C19H26N2O3. The molecule has 0 aliphatic heterocycles. The number of carbonyl (C=O) groups is 2. The highest BCUT2D eigenvalue weighted by atomic mass is 16.5. The maximum absolute atomic E-state index is 12.4. The summed E-state index contributed by atoms with van der Waals surface area (Å²) in [6.07, 6.45) is 4.32. The van der Waals surface area contributed by atoms with Crippen LogP contribution in [0.25, 0.3) is 0 Å². The lowest BCUT2D eigenvalue weighted by Crippen LogP contribution is -2.47. The summed E-state index contributed by atoms with van der Waals surface area (Å²) in [5.74, 6) is -0.294. The first kappa shape index (κ1) is 17.0. The maximum atomic E-state index is 12.4. The predicted octanol–water partition coefficient (Wildman–Crippen LogP) is 1.86. The summed E-state index contributed by atoms with van der Waals surface area (Å²) in [6.45, 7) is 2.73. The number of nitrogens with one attached hydrogen (secondary N) is 1. The number of hydrogen-bond acceptors (Lipinski definition) is 4. The topological polar surface area (TPSA) is 58.6 Å². The fourth-order valence-corrected chi connectivity index (χ4v) is 3.29. The van der Waals surface area contributed by atoms with Gasteiger partial charge in [-0.3, -0.25) is 14.5 Å². The number of carbonyl (C=O) groups excluding carboxylic acids is 2. The van der Waals surface area contributed by atoms with Crippen LogP contribution < -0.4 is 5.32 Å². The van der Waals surface area contributed by atoms with Crippen molar-refractivity contribution in [3.05, 3.63) is 35.9 Å². The van der Waals surface area contributed by atoms with E-state index in [0.29, 0.717) is 12.6 Å². The van der Waals surface area contributed by atoms with E-state index in [9.17, 15) is 9.59 Å². The SMILES string of the molecule is COC(=O)C(C)N(CC(=O)NCC1(c2ccccc2)CC1)C1CC1. The highest BCUT2D eigenvalue weighted by Crippen LogP contribution is 2.47. The summed E-state index contributed by atoms with van der Waals surface area (Å²) >= 11 is 0. The molecule has 0 spiro atoms. The Morgan fingerprint density at radius 1 is 1.29 bits per heavy atom. The number of esters is 1. The van der Waals surface area contributed by atoms with Crippen LogP contribution >= 0.6 is 0 Å². The van der Waals surface area contributed by atoms with E-state index in [1.807, 2.05) is 30.0 Å². The summed E-state index contributed by atoms with van der Waals surface area (Å²) in [4.78, 5) is 26.1. The third kappa shape index (κ3) is 3.78. The molecule has 2 fully saturated rings. The molecule has 3 rings (SSSR count). The molecule has 5 heteroatoms. The Morgan fingerprint density at radius 2 is 1.96 bits per heavy atom. The van der Waals surface area contributed by atoms with E-state index in [1.165, 1.54) is 12.7 Å². The largest absolute Gasteiger partial charge is 0.468 e. The summed E-state index contributed by atoms with van der Waals surface area (Å²) in [7, 11) is 1.39. The maximum Gasteiger partial charge on any atom is 0.322 e. The summed E-state index contributed by atoms with van der Waals surface area (Å²) < 4.78 is 4.82. The molecule has 0 heterocycles. The molecule has 2 aliphatic carbocycles. The molecule has 1 aromatic rings. The third-order valence-electron chi connectivity index (χ3n) is 5.25. The quantitative estimate of drug-likeness (QED) is 0.739. The fourth-order valence-electron chi connectivity index (χ4n) is 3.29. The molecule has 130 valence electrons. The van der Waals surface area contributed by atoms with Crippen molar-refractivity contribution < 1.29 is 14.3 Å². The van der Waals surface area contributed by atoms with Gasteiger partial charge in [-0.1, -0.05) is 30.3 Å². The van der Waals surface area contributed by atoms with Crippen LogP contribution in [0, 0.1) is 0 Å². The molecular weight excluding hydrogens is 304 g/mol. The molecule has 0 radical (unpaired) electrons. The van der Waals surface area contributed by atoms with E-state index in [1.54, 1.807) is 0 Å². The van der Waals surface area contributed by atoms with Gasteiger partial charge in [0.2, 0.25) is 5.91 Å². The van der Waals surface area contributed by atoms with E-state index >= 15 is 0 Å². The van der Waals surface area contributed by atoms with Gasteiger partial charge in [-0.25, -0.2) is 0 Å². The van der Waals surface area contributed by atoms with Crippen LogP contribution in [0.15, 0.2) is 30.3 Å². The zero-order valence-electron chi connectivity index (χ0n) is 14.5. The molecule has 0 saturated heterocycles. The lowest BCUT2D eigenvalue weighted by molar-refractivity contribution is -0.147. The number of rotatable bonds is 8. The number of nitrogens with zero attached hydrogens (tertiary/aromatic N) is 1. The Labute approximate surface area is 143 Å². The number of methoxy groups -OCH3 is 1. The first-order valence-electron chi connectivity index (χ1n) is 8.71. The number of hydrogen-bond donors (Lipinski definition) is 1. The van der Waals surface area contributed by atoms with Crippen molar-refractivity contribution in [3.8, 4) is 0 Å². The standard InChI is InChI=1S/C19H26N2O3/c1-14(18(23)24-2)21(16-8-9-16)12-17(22)20-13-19(10-11-19)15-6-4-3-5-7-15/h3-7,14,16H,8-13H2,1-2H3,(H,20,22). The van der Waals surface area contributed by atoms with Crippen molar-refractivity contribution in [2.45, 2.75) is 50.1 Å². The molecule has 5 nitrogen and oxygen atoms in total. The minimum atomic E-state index is -0.378. The Balaban J connectivity index is 1.54. The highest BCUT2D eigenvalue weighted by molar-refractivity contribution is 5.80. The molecule has 1 atom stereocenters. The zero-order valence-corrected chi connectivity index (χ0v) is 14.5. The fraction of sp³-hybridized carbons (Fsp3) is 0.579. The summed E-state index contributed by atoms with van der Waals surface area (Å²) in [5, 5.41) is 3.08. The molecule has 2 aliphatic rings. The van der Waals surface area contributed by atoms with Crippen molar-refractivity contribution in [1.82, 2.24) is 10.2 Å². The smallest absolute Gasteiger partial charge is 0.322 e. The second-order valence-corrected chi connectivity index (χ2v) is 7.03. The van der Waals surface area contributed by atoms with Crippen LogP contribution in [0.3, 0.4) is 0 Å². The van der Waals surface area contributed by atoms with Crippen LogP contribution in [-0.2, 0) is 19.7 Å². The molecule has 2 saturated carbocycles. The number of ether oxygens (including phenoxy) is 1. The molecule has 1 N–H and O–H groups in total. The van der Waals surface area contributed by atoms with E-state index in [-0.39, 0.29) is 29.9 Å². The van der Waals surface area contributed by atoms with Gasteiger partial charge in [-0.05, 0) is 38.2 Å². The van der Waals surface area contributed by atoms with Crippen molar-refractivity contribution in [2.75, 3.05) is 20.2 Å². The molecule has 0 aromatic heterocycles. The lowest BCUT2D eigenvalue weighted by atomic mass is 9.96. The van der Waals surface area contributed by atoms with Crippen LogP contribution in [0.2, 0.25) is 0 Å². The van der Waals surface area contributed by atoms with Crippen molar-refractivity contribution in [2.24, 2.45) is 0 Å². The summed E-state index contributed by atoms with van der Waals surface area (Å²) in [5.41, 5.74) is 1.40. The van der Waals surface area contributed by atoms with Crippen LogP contribution in [0.5, 0.6) is 0 Å². The lowest BCUT2D eigenvalue weighted by Gasteiger charge is -2.27. The minimum Gasteiger partial charge on any atom is -0.468 e. The van der Waals surface area contributed by atoms with Gasteiger partial charge >= 0.3 is 5.97 Å². The predicted molar refractivity (Wildman–Crippen MR) is 91.6 cm³/mol. The van der Waals surface area contributed by atoms with Crippen LogP contribution in [0.1, 0.15) is 38.2 Å². The number of amides is 1. The van der Waals surface area contributed by atoms with Crippen LogP contribution in [-0.4, -0.2) is 49.1 Å². The Kier molecular flexibility index (Phi) is 4.90. The molecule has 0 bridgehead atoms. The normalized spacial score (nSPS) is 19.6. The molecule has 24 heavy (non-hydrogen) atoms. The number of benzene rings is 1. The van der Waals surface area contributed by atoms with E-state index in [0.717, 1.165) is 25.7 Å². The van der Waals surface area contributed by atoms with Gasteiger partial charge in [0.1, 0.15) is 6.04 Å². The van der Waals surface area contributed by atoms with Gasteiger partial charge in [0, 0.05) is 18.0 Å². The van der Waals surface area contributed by atoms with Crippen molar-refractivity contribution in [3.63, 3.8) is 0 Å². The first-order chi connectivity index (χ1) is 11.6. The minimum absolute atomic E-state index is 0.0140. The summed E-state index contributed by atoms with van der Waals surface area (Å²) in [6, 6.07) is 10.3. The zero-order chi connectivity index (χ0) is 17.2.